The number of nitrogens with two attached hydrogens (primary N) is 1. The number of pyridine rings is 1. The van der Waals surface area contributed by atoms with Gasteiger partial charge in [-0.3, -0.25) is 9.20 Å². The number of fused-ring (bicyclic) bond motifs is 1. The van der Waals surface area contributed by atoms with Crippen LogP contribution in [0.25, 0.3) is 16.8 Å². The summed E-state index contributed by atoms with van der Waals surface area (Å²) in [5.74, 6) is -0.505. The van der Waals surface area contributed by atoms with E-state index in [4.69, 9.17) is 10.5 Å². The number of hydrogen-bond donors (Lipinski definition) is 2. The van der Waals surface area contributed by atoms with E-state index in [2.05, 4.69) is 20.3 Å². The summed E-state index contributed by atoms with van der Waals surface area (Å²) in [6.45, 7) is 0.322. The lowest BCUT2D eigenvalue weighted by Crippen LogP contribution is -2.14. The summed E-state index contributed by atoms with van der Waals surface area (Å²) in [5.41, 5.74) is 8.01. The molecule has 0 saturated carbocycles. The Kier molecular flexibility index (Phi) is 5.49. The topological polar surface area (TPSA) is 107 Å². The van der Waals surface area contributed by atoms with Crippen LogP contribution in [0.2, 0.25) is 0 Å². The van der Waals surface area contributed by atoms with Crippen LogP contribution in [-0.4, -0.2) is 32.4 Å². The number of benzene rings is 1. The number of anilines is 2. The second-order valence-electron chi connectivity index (χ2n) is 6.84. The summed E-state index contributed by atoms with van der Waals surface area (Å²) >= 11 is 0. The van der Waals surface area contributed by atoms with E-state index in [1.165, 1.54) is 12.1 Å². The minimum Gasteiger partial charge on any atom is -0.382 e. The first kappa shape index (κ1) is 21.2. The zero-order valence-corrected chi connectivity index (χ0v) is 16.7. The number of nitrogen functional groups attached to an aromatic ring is 1. The number of carbonyl (C=O) groups is 1. The molecule has 0 unspecified atom stereocenters. The van der Waals surface area contributed by atoms with Crippen LogP contribution < -0.4 is 11.1 Å². The molecule has 0 aliphatic heterocycles. The van der Waals surface area contributed by atoms with Crippen LogP contribution in [0.3, 0.4) is 0 Å². The molecule has 0 bridgehead atoms. The summed E-state index contributed by atoms with van der Waals surface area (Å²) < 4.78 is 45.5. The van der Waals surface area contributed by atoms with E-state index in [0.29, 0.717) is 23.4 Å². The molecule has 0 aliphatic rings. The number of nitrogens with one attached hydrogen (secondary N) is 1. The van der Waals surface area contributed by atoms with E-state index in [1.54, 1.807) is 36.2 Å². The van der Waals surface area contributed by atoms with Gasteiger partial charge in [0.2, 0.25) is 0 Å². The molecule has 4 aromatic rings. The standard InChI is InChI=1S/C21H17F3N6O2/c1-32-10-15-9-27-19(25)18-17(28-11-30(15)18)12-2-4-13(5-3-12)20(31)29-16-8-14(6-7-26-16)21(22,23)24/h2-9,11H,10H2,1H3,(H2,25,27)(H,26,29,31). The minimum absolute atomic E-state index is 0.196. The minimum atomic E-state index is -4.53. The van der Waals surface area contributed by atoms with Crippen molar-refractivity contribution in [3.8, 4) is 11.3 Å². The zero-order chi connectivity index (χ0) is 22.9. The van der Waals surface area contributed by atoms with Crippen molar-refractivity contribution in [2.75, 3.05) is 18.2 Å². The molecule has 0 spiro atoms. The van der Waals surface area contributed by atoms with Crippen LogP contribution in [0.4, 0.5) is 24.8 Å². The Morgan fingerprint density at radius 3 is 2.59 bits per heavy atom. The molecule has 32 heavy (non-hydrogen) atoms. The smallest absolute Gasteiger partial charge is 0.382 e. The van der Waals surface area contributed by atoms with E-state index >= 15 is 0 Å². The van der Waals surface area contributed by atoms with E-state index in [0.717, 1.165) is 24.0 Å². The quantitative estimate of drug-likeness (QED) is 0.487. The summed E-state index contributed by atoms with van der Waals surface area (Å²) in [6.07, 6.45) is -0.331. The molecule has 0 radical (unpaired) electrons. The largest absolute Gasteiger partial charge is 0.416 e. The van der Waals surface area contributed by atoms with Crippen molar-refractivity contribution in [3.63, 3.8) is 0 Å². The molecule has 3 aromatic heterocycles. The average Bonchev–Trinajstić information content (AvgIpc) is 3.22. The van der Waals surface area contributed by atoms with E-state index in [-0.39, 0.29) is 17.2 Å². The lowest BCUT2D eigenvalue weighted by atomic mass is 10.1. The van der Waals surface area contributed by atoms with Gasteiger partial charge in [-0.2, -0.15) is 13.2 Å². The van der Waals surface area contributed by atoms with Crippen LogP contribution in [0.1, 0.15) is 21.6 Å². The van der Waals surface area contributed by atoms with Crippen LogP contribution in [0.15, 0.2) is 55.1 Å². The van der Waals surface area contributed by atoms with Gasteiger partial charge in [0, 0.05) is 24.4 Å². The highest BCUT2D eigenvalue weighted by Gasteiger charge is 2.30. The molecular formula is C21H17F3N6O2. The Bertz CT molecular complexity index is 1290. The van der Waals surface area contributed by atoms with Gasteiger partial charge in [0.1, 0.15) is 23.5 Å². The number of amides is 1. The highest BCUT2D eigenvalue weighted by molar-refractivity contribution is 6.04. The summed E-state index contributed by atoms with van der Waals surface area (Å²) in [4.78, 5) is 24.8. The maximum atomic E-state index is 12.8. The lowest BCUT2D eigenvalue weighted by molar-refractivity contribution is -0.137. The molecule has 0 atom stereocenters. The normalized spacial score (nSPS) is 11.6. The average molecular weight is 442 g/mol. The van der Waals surface area contributed by atoms with Gasteiger partial charge in [-0.05, 0) is 24.3 Å². The second kappa shape index (κ2) is 8.27. The third-order valence-corrected chi connectivity index (χ3v) is 4.71. The van der Waals surface area contributed by atoms with Gasteiger partial charge in [0.25, 0.3) is 5.91 Å². The Balaban J connectivity index is 1.59. The molecule has 164 valence electrons. The van der Waals surface area contributed by atoms with E-state index in [9.17, 15) is 18.0 Å². The molecule has 0 fully saturated rings. The monoisotopic (exact) mass is 442 g/mol. The molecule has 3 N–H and O–H groups in total. The third-order valence-electron chi connectivity index (χ3n) is 4.71. The van der Waals surface area contributed by atoms with Crippen LogP contribution >= 0.6 is 0 Å². The Morgan fingerprint density at radius 2 is 1.91 bits per heavy atom. The van der Waals surface area contributed by atoms with Crippen molar-refractivity contribution < 1.29 is 22.7 Å². The number of aromatic nitrogens is 4. The van der Waals surface area contributed by atoms with E-state index < -0.39 is 17.6 Å². The van der Waals surface area contributed by atoms with Gasteiger partial charge in [-0.1, -0.05) is 12.1 Å². The summed E-state index contributed by atoms with van der Waals surface area (Å²) in [6, 6.07) is 8.01. The second-order valence-corrected chi connectivity index (χ2v) is 6.84. The molecular weight excluding hydrogens is 425 g/mol. The van der Waals surface area contributed by atoms with Crippen molar-refractivity contribution in [2.24, 2.45) is 0 Å². The Labute approximate surface area is 179 Å². The molecule has 8 nitrogen and oxygen atoms in total. The molecule has 1 amide bonds. The highest BCUT2D eigenvalue weighted by atomic mass is 19.4. The van der Waals surface area contributed by atoms with Crippen molar-refractivity contribution in [3.05, 3.63) is 71.9 Å². The van der Waals surface area contributed by atoms with Crippen molar-refractivity contribution in [1.82, 2.24) is 19.4 Å². The van der Waals surface area contributed by atoms with Gasteiger partial charge in [-0.25, -0.2) is 15.0 Å². The summed E-state index contributed by atoms with van der Waals surface area (Å²) in [5, 5.41) is 2.37. The van der Waals surface area contributed by atoms with Crippen LogP contribution in [0.5, 0.6) is 0 Å². The fourth-order valence-corrected chi connectivity index (χ4v) is 3.19. The van der Waals surface area contributed by atoms with Gasteiger partial charge in [-0.15, -0.1) is 0 Å². The maximum absolute atomic E-state index is 12.8. The first-order valence-electron chi connectivity index (χ1n) is 9.32. The predicted octanol–water partition coefficient (Wildman–Crippen LogP) is 3.79. The number of hydrogen-bond acceptors (Lipinski definition) is 6. The molecule has 0 saturated heterocycles. The SMILES string of the molecule is COCc1cnc(N)c2c(-c3ccc(C(=O)Nc4cc(C(F)(F)F)ccn4)cc3)ncn12. The van der Waals surface area contributed by atoms with Crippen molar-refractivity contribution in [2.45, 2.75) is 12.8 Å². The molecule has 3 heterocycles. The third kappa shape index (κ3) is 4.10. The Hall–Kier alpha value is -3.99. The first-order valence-corrected chi connectivity index (χ1v) is 9.32. The number of nitrogens with zero attached hydrogens (tertiary/aromatic N) is 4. The number of ether oxygens (including phenoxy) is 1. The lowest BCUT2D eigenvalue weighted by Gasteiger charge is -2.09. The number of methoxy groups -OCH3 is 1. The van der Waals surface area contributed by atoms with Gasteiger partial charge < -0.3 is 15.8 Å². The molecule has 1 aromatic carbocycles. The number of halogens is 3. The zero-order valence-electron chi connectivity index (χ0n) is 16.7. The highest BCUT2D eigenvalue weighted by Crippen LogP contribution is 2.30. The molecule has 4 rings (SSSR count). The maximum Gasteiger partial charge on any atom is 0.416 e. The van der Waals surface area contributed by atoms with Crippen molar-refractivity contribution >= 4 is 23.1 Å². The van der Waals surface area contributed by atoms with Gasteiger partial charge in [0.05, 0.1) is 29.8 Å². The van der Waals surface area contributed by atoms with Gasteiger partial charge in [0.15, 0.2) is 0 Å². The predicted molar refractivity (Wildman–Crippen MR) is 111 cm³/mol. The fraction of sp³-hybridized carbons (Fsp3) is 0.143. The number of alkyl halides is 3. The first-order chi connectivity index (χ1) is 15.3. The van der Waals surface area contributed by atoms with Crippen molar-refractivity contribution in [1.29, 1.82) is 0 Å². The van der Waals surface area contributed by atoms with E-state index in [1.807, 2.05) is 0 Å². The summed E-state index contributed by atoms with van der Waals surface area (Å²) in [7, 11) is 1.57. The Morgan fingerprint density at radius 1 is 1.16 bits per heavy atom. The van der Waals surface area contributed by atoms with Gasteiger partial charge >= 0.3 is 6.18 Å². The fourth-order valence-electron chi connectivity index (χ4n) is 3.19. The molecule has 11 heteroatoms. The molecule has 0 aliphatic carbocycles. The number of imidazole rings is 1. The number of carbonyl (C=O) groups excluding carboxylic acids is 1. The van der Waals surface area contributed by atoms with Crippen LogP contribution in [0, 0.1) is 0 Å². The van der Waals surface area contributed by atoms with Crippen LogP contribution in [-0.2, 0) is 17.5 Å². The number of rotatable bonds is 5.